The molecule has 1 aromatic heterocycles. The number of hydrogen-bond donors (Lipinski definition) is 0. The van der Waals surface area contributed by atoms with E-state index in [2.05, 4.69) is 18.0 Å². The van der Waals surface area contributed by atoms with Gasteiger partial charge in [0.15, 0.2) is 5.82 Å². The van der Waals surface area contributed by atoms with Gasteiger partial charge in [0, 0.05) is 32.4 Å². The second-order valence-corrected chi connectivity index (χ2v) is 6.34. The fraction of sp³-hybridized carbons (Fsp3) is 0.222. The van der Waals surface area contributed by atoms with Crippen LogP contribution in [0.15, 0.2) is 42.5 Å². The van der Waals surface area contributed by atoms with E-state index < -0.39 is 0 Å². The summed E-state index contributed by atoms with van der Waals surface area (Å²) in [6.07, 6.45) is 0. The van der Waals surface area contributed by atoms with E-state index in [1.54, 1.807) is 0 Å². The molecule has 0 N–H and O–H groups in total. The van der Waals surface area contributed by atoms with E-state index >= 15 is 0 Å². The molecule has 0 aliphatic rings. The number of aryl methyl sites for hydroxylation is 2. The molecule has 0 bridgehead atoms. The number of para-hydroxylation sites is 3. The van der Waals surface area contributed by atoms with Crippen LogP contribution in [0.3, 0.4) is 0 Å². The maximum atomic E-state index is 12.0. The molecule has 0 saturated carbocycles. The van der Waals surface area contributed by atoms with Gasteiger partial charge in [-0.1, -0.05) is 30.3 Å². The lowest BCUT2D eigenvalue weighted by molar-refractivity contribution is 0.701. The van der Waals surface area contributed by atoms with Crippen molar-refractivity contribution in [2.24, 2.45) is 7.05 Å². The molecule has 0 aliphatic heterocycles. The molecule has 0 radical (unpaired) electrons. The lowest BCUT2D eigenvalue weighted by Crippen LogP contribution is -2.18. The second-order valence-electron chi connectivity index (χ2n) is 5.76. The van der Waals surface area contributed by atoms with Crippen molar-refractivity contribution in [2.75, 3.05) is 19.0 Å². The van der Waals surface area contributed by atoms with E-state index in [9.17, 15) is 4.21 Å². The summed E-state index contributed by atoms with van der Waals surface area (Å²) >= 11 is 0.502. The highest BCUT2D eigenvalue weighted by Crippen LogP contribution is 2.26. The van der Waals surface area contributed by atoms with Crippen LogP contribution >= 0.6 is 0 Å². The summed E-state index contributed by atoms with van der Waals surface area (Å²) in [5, 5.41) is 0. The van der Waals surface area contributed by atoms with Gasteiger partial charge in [-0.2, -0.15) is 0 Å². The average molecular weight is 325 g/mol. The third-order valence-corrected chi connectivity index (χ3v) is 4.57. The molecule has 0 aliphatic carbocycles. The molecule has 2 aromatic carbocycles. The minimum Gasteiger partial charge on any atom is -0.377 e. The molecule has 0 atom stereocenters. The van der Waals surface area contributed by atoms with Gasteiger partial charge >= 0.3 is 0 Å². The summed E-state index contributed by atoms with van der Waals surface area (Å²) in [6.45, 7) is 2.06. The minimum absolute atomic E-state index is 0.502. The maximum absolute atomic E-state index is 12.0. The Hall–Kier alpha value is -2.40. The van der Waals surface area contributed by atoms with Gasteiger partial charge < -0.3 is 9.47 Å². The first-order chi connectivity index (χ1) is 11.0. The summed E-state index contributed by atoms with van der Waals surface area (Å²) in [4.78, 5) is 7.37. The third-order valence-electron chi connectivity index (χ3n) is 4.00. The van der Waals surface area contributed by atoms with E-state index in [1.165, 1.54) is 0 Å². The highest BCUT2D eigenvalue weighted by Gasteiger charge is 2.19. The molecule has 0 spiro atoms. The second kappa shape index (κ2) is 6.01. The minimum atomic E-state index is 0.502. The topological polar surface area (TPSA) is 38.1 Å². The van der Waals surface area contributed by atoms with Crippen molar-refractivity contribution in [1.82, 2.24) is 9.55 Å². The molecule has 0 saturated heterocycles. The fourth-order valence-corrected chi connectivity index (χ4v) is 3.50. The molecular formula is C18H19N3OS. The van der Waals surface area contributed by atoms with E-state index in [0.717, 1.165) is 27.8 Å². The molecule has 0 unspecified atom stereocenters. The van der Waals surface area contributed by atoms with Crippen molar-refractivity contribution in [3.63, 3.8) is 0 Å². The lowest BCUT2D eigenvalue weighted by atomic mass is 10.0. The van der Waals surface area contributed by atoms with Gasteiger partial charge in [0.2, 0.25) is 0 Å². The highest BCUT2D eigenvalue weighted by molar-refractivity contribution is 7.67. The summed E-state index contributed by atoms with van der Waals surface area (Å²) in [5.41, 5.74) is 5.04. The zero-order valence-corrected chi connectivity index (χ0v) is 14.5. The van der Waals surface area contributed by atoms with Gasteiger partial charge in [-0.3, -0.25) is 0 Å². The zero-order chi connectivity index (χ0) is 16.6. The Labute approximate surface area is 139 Å². The van der Waals surface area contributed by atoms with Crippen LogP contribution in [0.2, 0.25) is 0 Å². The van der Waals surface area contributed by atoms with E-state index in [0.29, 0.717) is 21.9 Å². The highest BCUT2D eigenvalue weighted by atomic mass is 32.1. The van der Waals surface area contributed by atoms with Crippen molar-refractivity contribution in [3.05, 3.63) is 59.4 Å². The van der Waals surface area contributed by atoms with Crippen molar-refractivity contribution < 1.29 is 4.21 Å². The van der Waals surface area contributed by atoms with Gasteiger partial charge in [-0.25, -0.2) is 9.19 Å². The predicted molar refractivity (Wildman–Crippen MR) is 97.6 cm³/mol. The predicted octanol–water partition coefficient (Wildman–Crippen LogP) is 2.73. The molecule has 4 nitrogen and oxygen atoms in total. The van der Waals surface area contributed by atoms with Crippen molar-refractivity contribution in [3.8, 4) is 0 Å². The number of imidazole rings is 1. The molecule has 0 fully saturated rings. The van der Waals surface area contributed by atoms with Crippen molar-refractivity contribution in [2.45, 2.75) is 6.92 Å². The zero-order valence-electron chi connectivity index (χ0n) is 13.7. The van der Waals surface area contributed by atoms with Crippen molar-refractivity contribution >= 4 is 32.8 Å². The smallest absolute Gasteiger partial charge is 0.154 e. The number of anilines is 1. The molecule has 3 rings (SSSR count). The van der Waals surface area contributed by atoms with Gasteiger partial charge in [0.1, 0.15) is 16.1 Å². The van der Waals surface area contributed by atoms with Crippen LogP contribution in [0.5, 0.6) is 0 Å². The van der Waals surface area contributed by atoms with Gasteiger partial charge in [0.25, 0.3) is 0 Å². The largest absolute Gasteiger partial charge is 0.377 e. The molecule has 1 heterocycles. The summed E-state index contributed by atoms with van der Waals surface area (Å²) in [7, 11) is 5.94. The summed E-state index contributed by atoms with van der Waals surface area (Å²) < 4.78 is 13.9. The number of fused-ring (bicyclic) bond motifs is 1. The SMILES string of the molecule is Cc1cccc(C(=S=O)c2nc3ccccc3n2C)c1N(C)C. The number of benzene rings is 2. The standard InChI is InChI=1S/C18H19N3OS/c1-12-8-7-9-13(16(12)20(2)3)17(23-22)18-19-14-10-5-6-11-15(14)21(18)4/h5-11H,1-4H3. The molecule has 23 heavy (non-hydrogen) atoms. The summed E-state index contributed by atoms with van der Waals surface area (Å²) in [5.74, 6) is 0.708. The van der Waals surface area contributed by atoms with E-state index in [1.807, 2.05) is 67.0 Å². The normalized spacial score (nSPS) is 10.8. The van der Waals surface area contributed by atoms with E-state index in [-0.39, 0.29) is 0 Å². The average Bonchev–Trinajstić information content (AvgIpc) is 2.85. The Bertz CT molecular complexity index is 937. The fourth-order valence-electron chi connectivity index (χ4n) is 2.99. The molecular weight excluding hydrogens is 306 g/mol. The number of aromatic nitrogens is 2. The Morgan fingerprint density at radius 3 is 2.52 bits per heavy atom. The third kappa shape index (κ3) is 2.57. The quantitative estimate of drug-likeness (QED) is 0.549. The van der Waals surface area contributed by atoms with Crippen LogP contribution in [0.4, 0.5) is 5.69 Å². The first-order valence-corrected chi connectivity index (χ1v) is 8.14. The molecule has 118 valence electrons. The number of hydrogen-bond acceptors (Lipinski definition) is 3. The molecule has 0 amide bonds. The summed E-state index contributed by atoms with van der Waals surface area (Å²) in [6, 6.07) is 14.0. The first-order valence-electron chi connectivity index (χ1n) is 7.40. The Balaban J connectivity index is 2.28. The van der Waals surface area contributed by atoms with Crippen LogP contribution in [0.25, 0.3) is 11.0 Å². The number of nitrogens with zero attached hydrogens (tertiary/aromatic N) is 3. The maximum Gasteiger partial charge on any atom is 0.154 e. The Morgan fingerprint density at radius 1 is 1.13 bits per heavy atom. The van der Waals surface area contributed by atoms with Gasteiger partial charge in [0.05, 0.1) is 11.0 Å². The lowest BCUT2D eigenvalue weighted by Gasteiger charge is -2.20. The Morgan fingerprint density at radius 2 is 1.87 bits per heavy atom. The van der Waals surface area contributed by atoms with Crippen LogP contribution in [0.1, 0.15) is 17.0 Å². The van der Waals surface area contributed by atoms with Crippen LogP contribution < -0.4 is 4.90 Å². The Kier molecular flexibility index (Phi) is 4.05. The molecule has 3 aromatic rings. The van der Waals surface area contributed by atoms with Crippen LogP contribution in [0, 0.1) is 6.92 Å². The number of rotatable bonds is 3. The van der Waals surface area contributed by atoms with Crippen molar-refractivity contribution in [1.29, 1.82) is 0 Å². The van der Waals surface area contributed by atoms with Crippen LogP contribution in [-0.2, 0) is 18.3 Å². The molecule has 5 heteroatoms. The van der Waals surface area contributed by atoms with E-state index in [4.69, 9.17) is 0 Å². The van der Waals surface area contributed by atoms with Crippen LogP contribution in [-0.4, -0.2) is 32.7 Å². The first kappa shape index (κ1) is 15.5. The van der Waals surface area contributed by atoms with Gasteiger partial charge in [-0.05, 0) is 24.6 Å². The van der Waals surface area contributed by atoms with Gasteiger partial charge in [-0.15, -0.1) is 0 Å². The monoisotopic (exact) mass is 325 g/mol.